The fourth-order valence-corrected chi connectivity index (χ4v) is 9.35. The van der Waals surface area contributed by atoms with E-state index >= 15 is 0 Å². The Morgan fingerprint density at radius 2 is 1.05 bits per heavy atom. The Hall–Kier alpha value is -5.37. The summed E-state index contributed by atoms with van der Waals surface area (Å²) < 4.78 is 28.1. The summed E-state index contributed by atoms with van der Waals surface area (Å²) >= 11 is 0. The molecule has 0 radical (unpaired) electrons. The lowest BCUT2D eigenvalue weighted by molar-refractivity contribution is 0.592. The largest absolute Gasteiger partial charge is 0.456 e. The van der Waals surface area contributed by atoms with Crippen LogP contribution in [0.3, 0.4) is 0 Å². The zero-order valence-electron chi connectivity index (χ0n) is 23.6. The van der Waals surface area contributed by atoms with Crippen molar-refractivity contribution in [1.82, 2.24) is 0 Å². The molecule has 0 aliphatic heterocycles. The first kappa shape index (κ1) is 25.2. The predicted molar refractivity (Wildman–Crippen MR) is 183 cm³/mol. The van der Waals surface area contributed by atoms with Crippen LogP contribution < -0.4 is 15.9 Å². The van der Waals surface area contributed by atoms with Crippen LogP contribution in [0.5, 0.6) is 0 Å². The Morgan fingerprint density at radius 3 is 1.77 bits per heavy atom. The molecule has 2 heterocycles. The minimum absolute atomic E-state index is 0.788. The third kappa shape index (κ3) is 3.60. The Labute approximate surface area is 253 Å². The Balaban J connectivity index is 1.31. The van der Waals surface area contributed by atoms with Crippen molar-refractivity contribution in [3.63, 3.8) is 0 Å². The van der Waals surface area contributed by atoms with E-state index in [4.69, 9.17) is 8.83 Å². The lowest BCUT2D eigenvalue weighted by Crippen LogP contribution is -2.24. The highest BCUT2D eigenvalue weighted by Gasteiger charge is 2.30. The molecule has 0 saturated heterocycles. The highest BCUT2D eigenvalue weighted by atomic mass is 31.2. The molecule has 4 heteroatoms. The van der Waals surface area contributed by atoms with Gasteiger partial charge in [-0.3, -0.25) is 0 Å². The number of fused-ring (bicyclic) bond motifs is 9. The van der Waals surface area contributed by atoms with E-state index in [-0.39, 0.29) is 0 Å². The fourth-order valence-electron chi connectivity index (χ4n) is 6.71. The van der Waals surface area contributed by atoms with Crippen LogP contribution in [0.1, 0.15) is 0 Å². The van der Waals surface area contributed by atoms with E-state index in [9.17, 15) is 4.57 Å². The topological polar surface area (TPSA) is 43.4 Å². The van der Waals surface area contributed by atoms with Gasteiger partial charge in [-0.05, 0) is 34.5 Å². The molecule has 0 fully saturated rings. The summed E-state index contributed by atoms with van der Waals surface area (Å²) in [5.41, 5.74) is 5.22. The van der Waals surface area contributed by atoms with Gasteiger partial charge in [-0.15, -0.1) is 0 Å². The van der Waals surface area contributed by atoms with Crippen molar-refractivity contribution in [2.75, 3.05) is 0 Å². The van der Waals surface area contributed by atoms with Crippen LogP contribution >= 0.6 is 7.14 Å². The quantitative estimate of drug-likeness (QED) is 0.193. The lowest BCUT2D eigenvalue weighted by atomic mass is 9.96. The van der Waals surface area contributed by atoms with Crippen LogP contribution in [0.4, 0.5) is 0 Å². The standard InChI is InChI=1S/C40H25O3P/c41-44(28-12-3-1-4-13-28,29-14-5-2-6-15-29)30-22-19-27(20-23-30)33-25-36-39(38-32-17-9-10-18-34(32)43-40(33)38)37-31-16-8-7-11-26(31)21-24-35(37)42-36/h1-25H. The first-order valence-corrected chi connectivity index (χ1v) is 16.4. The smallest absolute Gasteiger partial charge is 0.171 e. The van der Waals surface area contributed by atoms with Crippen LogP contribution in [0.2, 0.25) is 0 Å². The van der Waals surface area contributed by atoms with Crippen molar-refractivity contribution in [1.29, 1.82) is 0 Å². The first-order valence-electron chi connectivity index (χ1n) is 14.7. The molecule has 3 nitrogen and oxygen atoms in total. The highest BCUT2D eigenvalue weighted by Crippen LogP contribution is 2.47. The number of hydrogen-bond acceptors (Lipinski definition) is 3. The van der Waals surface area contributed by atoms with Gasteiger partial charge in [-0.2, -0.15) is 0 Å². The van der Waals surface area contributed by atoms with Gasteiger partial charge < -0.3 is 13.4 Å². The molecule has 208 valence electrons. The summed E-state index contributed by atoms with van der Waals surface area (Å²) in [5.74, 6) is 0. The second-order valence-corrected chi connectivity index (χ2v) is 14.0. The molecular formula is C40H25O3P. The normalized spacial score (nSPS) is 12.2. The van der Waals surface area contributed by atoms with Crippen LogP contribution in [0.15, 0.2) is 160 Å². The molecule has 0 amide bonds. The summed E-state index contributed by atoms with van der Waals surface area (Å²) in [6.45, 7) is 0. The molecule has 0 saturated carbocycles. The van der Waals surface area contributed by atoms with Crippen molar-refractivity contribution < 1.29 is 13.4 Å². The van der Waals surface area contributed by atoms with Crippen LogP contribution in [0.25, 0.3) is 65.8 Å². The van der Waals surface area contributed by atoms with Crippen LogP contribution in [-0.2, 0) is 4.57 Å². The average molecular weight is 585 g/mol. The van der Waals surface area contributed by atoms with Gasteiger partial charge in [0.05, 0.1) is 0 Å². The number of furan rings is 2. The van der Waals surface area contributed by atoms with Crippen molar-refractivity contribution in [2.45, 2.75) is 0 Å². The zero-order chi connectivity index (χ0) is 29.3. The van der Waals surface area contributed by atoms with Gasteiger partial charge in [0.1, 0.15) is 22.3 Å². The first-order chi connectivity index (χ1) is 21.7. The highest BCUT2D eigenvalue weighted by molar-refractivity contribution is 7.85. The minimum Gasteiger partial charge on any atom is -0.456 e. The second kappa shape index (κ2) is 9.57. The summed E-state index contributed by atoms with van der Waals surface area (Å²) in [5, 5.41) is 9.01. The van der Waals surface area contributed by atoms with Gasteiger partial charge in [-0.1, -0.05) is 133 Å². The van der Waals surface area contributed by atoms with Crippen LogP contribution in [-0.4, -0.2) is 0 Å². The Bertz CT molecular complexity index is 2520. The van der Waals surface area contributed by atoms with E-state index in [1.165, 1.54) is 5.39 Å². The molecule has 0 bridgehead atoms. The second-order valence-electron chi connectivity index (χ2n) is 11.2. The maximum atomic E-state index is 14.9. The molecule has 7 aromatic carbocycles. The van der Waals surface area contributed by atoms with Gasteiger partial charge >= 0.3 is 0 Å². The van der Waals surface area contributed by atoms with Gasteiger partial charge in [0.25, 0.3) is 0 Å². The molecule has 0 aliphatic carbocycles. The van der Waals surface area contributed by atoms with Crippen molar-refractivity contribution in [3.8, 4) is 11.1 Å². The third-order valence-electron chi connectivity index (χ3n) is 8.75. The monoisotopic (exact) mass is 584 g/mol. The minimum atomic E-state index is -3.08. The molecule has 0 N–H and O–H groups in total. The fraction of sp³-hybridized carbons (Fsp3) is 0. The summed E-state index contributed by atoms with van der Waals surface area (Å²) in [7, 11) is -3.08. The van der Waals surface area contributed by atoms with Gasteiger partial charge in [-0.25, -0.2) is 0 Å². The number of rotatable bonds is 4. The van der Waals surface area contributed by atoms with Gasteiger partial charge in [0.2, 0.25) is 0 Å². The molecule has 0 atom stereocenters. The van der Waals surface area contributed by atoms with Crippen molar-refractivity contribution >= 4 is 77.7 Å². The molecule has 2 aromatic heterocycles. The Kier molecular flexibility index (Phi) is 5.47. The van der Waals surface area contributed by atoms with Crippen LogP contribution in [0, 0.1) is 0 Å². The van der Waals surface area contributed by atoms with E-state index in [1.54, 1.807) is 0 Å². The van der Waals surface area contributed by atoms with E-state index in [0.29, 0.717) is 0 Å². The third-order valence-corrected chi connectivity index (χ3v) is 11.8. The molecular weight excluding hydrogens is 559 g/mol. The van der Waals surface area contributed by atoms with E-state index in [0.717, 1.165) is 76.3 Å². The maximum Gasteiger partial charge on any atom is 0.171 e. The molecule has 9 aromatic rings. The molecule has 9 rings (SSSR count). The summed E-state index contributed by atoms with van der Waals surface area (Å²) in [4.78, 5) is 0. The zero-order valence-corrected chi connectivity index (χ0v) is 24.5. The number of benzene rings is 7. The van der Waals surface area contributed by atoms with Gasteiger partial charge in [0.15, 0.2) is 7.14 Å². The molecule has 0 unspecified atom stereocenters. The Morgan fingerprint density at radius 1 is 0.432 bits per heavy atom. The van der Waals surface area contributed by atoms with E-state index < -0.39 is 7.14 Å². The summed E-state index contributed by atoms with van der Waals surface area (Å²) in [6.07, 6.45) is 0. The molecule has 0 spiro atoms. The SMILES string of the molecule is O=P(c1ccccc1)(c1ccccc1)c1ccc(-c2cc3oc4ccc5ccccc5c4c3c3c2oc2ccccc23)cc1. The molecule has 0 aliphatic rings. The average Bonchev–Trinajstić information content (AvgIpc) is 3.67. The predicted octanol–water partition coefficient (Wildman–Crippen LogP) is 9.94. The van der Waals surface area contributed by atoms with Crippen molar-refractivity contribution in [2.24, 2.45) is 0 Å². The van der Waals surface area contributed by atoms with Crippen molar-refractivity contribution in [3.05, 3.63) is 152 Å². The number of para-hydroxylation sites is 1. The number of hydrogen-bond donors (Lipinski definition) is 0. The lowest BCUT2D eigenvalue weighted by Gasteiger charge is -2.20. The van der Waals surface area contributed by atoms with E-state index in [2.05, 4.69) is 66.7 Å². The maximum absolute atomic E-state index is 14.9. The van der Waals surface area contributed by atoms with Gasteiger partial charge in [0, 0.05) is 43.0 Å². The molecule has 44 heavy (non-hydrogen) atoms. The summed E-state index contributed by atoms with van der Waals surface area (Å²) in [6, 6.07) is 50.5. The van der Waals surface area contributed by atoms with E-state index in [1.807, 2.05) is 84.9 Å².